The van der Waals surface area contributed by atoms with Crippen molar-refractivity contribution in [2.24, 2.45) is 0 Å². The number of carboxylic acids is 1. The number of nitrogens with one attached hydrogen (secondary N) is 1. The molecule has 3 aromatic rings. The first-order valence-electron chi connectivity index (χ1n) is 8.91. The molecule has 11 heteroatoms. The van der Waals surface area contributed by atoms with Crippen LogP contribution in [0.15, 0.2) is 48.3 Å². The van der Waals surface area contributed by atoms with Gasteiger partial charge in [-0.25, -0.2) is 24.7 Å². The third kappa shape index (κ3) is 2.90. The molecule has 2 aliphatic heterocycles. The second kappa shape index (κ2) is 6.95. The standard InChI is InChI=1S/C19H14N6O4S/c1-9-4-13(29-10-5-20-8-21-6-10)23-7-12(9)25-11-2-3-22-17-14(11)15(24-19(25)28)16(30-17)18(26)27/h2-8,15-16H,1H3,(H,24,28)(H,26,27). The number of ether oxygens (including phenoxy) is 1. The molecule has 2 aliphatic rings. The van der Waals surface area contributed by atoms with Crippen LogP contribution in [0.4, 0.5) is 16.2 Å². The molecule has 0 saturated heterocycles. The number of rotatable bonds is 4. The van der Waals surface area contributed by atoms with Crippen molar-refractivity contribution < 1.29 is 19.4 Å². The van der Waals surface area contributed by atoms with Gasteiger partial charge in [0.1, 0.15) is 16.6 Å². The summed E-state index contributed by atoms with van der Waals surface area (Å²) >= 11 is 1.14. The summed E-state index contributed by atoms with van der Waals surface area (Å²) in [5, 5.41) is 12.1. The second-order valence-electron chi connectivity index (χ2n) is 6.67. The number of pyridine rings is 2. The van der Waals surface area contributed by atoms with Gasteiger partial charge in [0.15, 0.2) is 5.75 Å². The Morgan fingerprint density at radius 3 is 2.77 bits per heavy atom. The molecule has 2 unspecified atom stereocenters. The van der Waals surface area contributed by atoms with Crippen molar-refractivity contribution >= 4 is 35.1 Å². The number of carbonyl (C=O) groups is 2. The van der Waals surface area contributed by atoms with Crippen molar-refractivity contribution in [3.63, 3.8) is 0 Å². The van der Waals surface area contributed by atoms with Crippen LogP contribution in [0.1, 0.15) is 17.2 Å². The normalized spacial score (nSPS) is 19.2. The maximum Gasteiger partial charge on any atom is 0.327 e. The number of amides is 2. The topological polar surface area (TPSA) is 130 Å². The van der Waals surface area contributed by atoms with Crippen LogP contribution in [0, 0.1) is 6.92 Å². The molecule has 0 fully saturated rings. The van der Waals surface area contributed by atoms with Crippen molar-refractivity contribution in [2.45, 2.75) is 23.2 Å². The van der Waals surface area contributed by atoms with E-state index in [-0.39, 0.29) is 0 Å². The summed E-state index contributed by atoms with van der Waals surface area (Å²) in [7, 11) is 0. The molecular weight excluding hydrogens is 408 g/mol. The summed E-state index contributed by atoms with van der Waals surface area (Å²) in [6, 6.07) is 2.36. The zero-order valence-electron chi connectivity index (χ0n) is 15.5. The van der Waals surface area contributed by atoms with Crippen molar-refractivity contribution in [3.8, 4) is 11.6 Å². The maximum absolute atomic E-state index is 13.0. The molecule has 30 heavy (non-hydrogen) atoms. The lowest BCUT2D eigenvalue weighted by molar-refractivity contribution is -0.136. The van der Waals surface area contributed by atoms with Gasteiger partial charge in [0.2, 0.25) is 5.88 Å². The molecule has 0 spiro atoms. The Labute approximate surface area is 174 Å². The van der Waals surface area contributed by atoms with E-state index in [1.54, 1.807) is 18.3 Å². The summed E-state index contributed by atoms with van der Waals surface area (Å²) in [6.07, 6.45) is 7.55. The highest BCUT2D eigenvalue weighted by Gasteiger charge is 2.46. The number of carboxylic acid groups (broad SMARTS) is 1. The number of thioether (sulfide) groups is 1. The Kier molecular flexibility index (Phi) is 4.24. The Bertz CT molecular complexity index is 1170. The average Bonchev–Trinajstić information content (AvgIpc) is 3.10. The predicted octanol–water partition coefficient (Wildman–Crippen LogP) is 2.83. The third-order valence-electron chi connectivity index (χ3n) is 4.81. The summed E-state index contributed by atoms with van der Waals surface area (Å²) < 4.78 is 5.65. The minimum Gasteiger partial charge on any atom is -0.480 e. The van der Waals surface area contributed by atoms with E-state index in [0.29, 0.717) is 33.6 Å². The van der Waals surface area contributed by atoms with E-state index >= 15 is 0 Å². The fraction of sp³-hybridized carbons (Fsp3) is 0.158. The molecule has 5 heterocycles. The van der Waals surface area contributed by atoms with E-state index in [1.807, 2.05) is 6.92 Å². The molecule has 3 aromatic heterocycles. The molecule has 0 saturated carbocycles. The molecule has 0 radical (unpaired) electrons. The van der Waals surface area contributed by atoms with Crippen LogP contribution < -0.4 is 15.0 Å². The number of hydrogen-bond acceptors (Lipinski definition) is 8. The molecule has 0 aromatic carbocycles. The van der Waals surface area contributed by atoms with E-state index in [1.165, 1.54) is 29.8 Å². The quantitative estimate of drug-likeness (QED) is 0.651. The van der Waals surface area contributed by atoms with Crippen molar-refractivity contribution in [2.75, 3.05) is 4.90 Å². The number of aliphatic carboxylic acids is 1. The molecule has 2 atom stereocenters. The van der Waals surface area contributed by atoms with Crippen LogP contribution in [-0.2, 0) is 4.79 Å². The summed E-state index contributed by atoms with van der Waals surface area (Å²) in [4.78, 5) is 42.5. The number of aromatic nitrogens is 4. The molecule has 2 amide bonds. The predicted molar refractivity (Wildman–Crippen MR) is 106 cm³/mol. The minimum absolute atomic E-state index is 0.336. The minimum atomic E-state index is -0.994. The Hall–Kier alpha value is -3.73. The lowest BCUT2D eigenvalue weighted by Crippen LogP contribution is -2.47. The monoisotopic (exact) mass is 422 g/mol. The van der Waals surface area contributed by atoms with E-state index in [2.05, 4.69) is 25.3 Å². The van der Waals surface area contributed by atoms with Crippen LogP contribution in [0.3, 0.4) is 0 Å². The highest BCUT2D eigenvalue weighted by atomic mass is 32.2. The molecule has 0 aliphatic carbocycles. The number of anilines is 2. The summed E-state index contributed by atoms with van der Waals surface area (Å²) in [5.74, 6) is -0.214. The summed E-state index contributed by atoms with van der Waals surface area (Å²) in [6.45, 7) is 1.83. The van der Waals surface area contributed by atoms with Crippen LogP contribution >= 0.6 is 11.8 Å². The first kappa shape index (κ1) is 18.3. The third-order valence-corrected chi connectivity index (χ3v) is 6.08. The Morgan fingerprint density at radius 1 is 1.23 bits per heavy atom. The maximum atomic E-state index is 13.0. The zero-order valence-corrected chi connectivity index (χ0v) is 16.3. The van der Waals surface area contributed by atoms with Gasteiger partial charge in [-0.1, -0.05) is 11.8 Å². The van der Waals surface area contributed by atoms with Gasteiger partial charge in [-0.2, -0.15) is 0 Å². The molecule has 150 valence electrons. The van der Waals surface area contributed by atoms with E-state index in [9.17, 15) is 14.7 Å². The van der Waals surface area contributed by atoms with Gasteiger partial charge in [0.25, 0.3) is 0 Å². The van der Waals surface area contributed by atoms with Gasteiger partial charge in [0.05, 0.1) is 36.0 Å². The number of carbonyl (C=O) groups excluding carboxylic acids is 1. The van der Waals surface area contributed by atoms with Crippen LogP contribution in [0.5, 0.6) is 11.6 Å². The van der Waals surface area contributed by atoms with Gasteiger partial charge < -0.3 is 15.2 Å². The summed E-state index contributed by atoms with van der Waals surface area (Å²) in [5.41, 5.74) is 2.60. The van der Waals surface area contributed by atoms with Gasteiger partial charge in [-0.3, -0.25) is 9.69 Å². The highest BCUT2D eigenvalue weighted by molar-refractivity contribution is 8.00. The SMILES string of the molecule is Cc1cc(Oc2cncnc2)ncc1N1C(=O)NC2c3c1ccnc3SC2C(=O)O. The Balaban J connectivity index is 1.53. The largest absolute Gasteiger partial charge is 0.480 e. The van der Waals surface area contributed by atoms with Crippen LogP contribution in [0.25, 0.3) is 0 Å². The van der Waals surface area contributed by atoms with Crippen molar-refractivity contribution in [1.82, 2.24) is 25.3 Å². The first-order valence-corrected chi connectivity index (χ1v) is 9.79. The van der Waals surface area contributed by atoms with Crippen LogP contribution in [0.2, 0.25) is 0 Å². The highest BCUT2D eigenvalue weighted by Crippen LogP contribution is 2.50. The van der Waals surface area contributed by atoms with Gasteiger partial charge in [0, 0.05) is 17.8 Å². The molecular formula is C19H14N6O4S. The van der Waals surface area contributed by atoms with E-state index in [0.717, 1.165) is 17.3 Å². The van der Waals surface area contributed by atoms with Gasteiger partial charge >= 0.3 is 12.0 Å². The molecule has 5 rings (SSSR count). The number of nitrogens with zero attached hydrogens (tertiary/aromatic N) is 5. The first-order chi connectivity index (χ1) is 14.5. The molecule has 0 bridgehead atoms. The smallest absolute Gasteiger partial charge is 0.327 e. The van der Waals surface area contributed by atoms with E-state index < -0.39 is 23.3 Å². The lowest BCUT2D eigenvalue weighted by Gasteiger charge is -2.34. The second-order valence-corrected chi connectivity index (χ2v) is 7.80. The van der Waals surface area contributed by atoms with E-state index in [4.69, 9.17) is 4.74 Å². The van der Waals surface area contributed by atoms with Gasteiger partial charge in [-0.15, -0.1) is 0 Å². The number of urea groups is 1. The van der Waals surface area contributed by atoms with Gasteiger partial charge in [-0.05, 0) is 18.6 Å². The molecule has 2 N–H and O–H groups in total. The van der Waals surface area contributed by atoms with Crippen molar-refractivity contribution in [3.05, 3.63) is 54.4 Å². The average molecular weight is 422 g/mol. The van der Waals surface area contributed by atoms with Crippen LogP contribution in [-0.4, -0.2) is 42.3 Å². The Morgan fingerprint density at radius 2 is 2.03 bits per heavy atom. The molecule has 10 nitrogen and oxygen atoms in total. The van der Waals surface area contributed by atoms with Crippen molar-refractivity contribution in [1.29, 1.82) is 0 Å². The zero-order chi connectivity index (χ0) is 20.8. The lowest BCUT2D eigenvalue weighted by atomic mass is 10.0. The fourth-order valence-corrected chi connectivity index (χ4v) is 4.69. The fourth-order valence-electron chi connectivity index (χ4n) is 3.52. The number of aryl methyl sites for hydroxylation is 1. The number of hydrogen-bond donors (Lipinski definition) is 2.